The second kappa shape index (κ2) is 13.0. The molecule has 1 aromatic carbocycles. The minimum absolute atomic E-state index is 0.0355. The molecule has 11 heteroatoms. The van der Waals surface area contributed by atoms with Gasteiger partial charge in [0.05, 0.1) is 30.0 Å². The van der Waals surface area contributed by atoms with E-state index in [4.69, 9.17) is 0 Å². The third kappa shape index (κ3) is 6.82. The van der Waals surface area contributed by atoms with E-state index in [0.29, 0.717) is 12.8 Å². The molecular formula is C29H36N8O2S. The predicted molar refractivity (Wildman–Crippen MR) is 158 cm³/mol. The highest BCUT2D eigenvalue weighted by atomic mass is 32.2. The van der Waals surface area contributed by atoms with Crippen molar-refractivity contribution in [3.8, 4) is 22.5 Å². The van der Waals surface area contributed by atoms with Crippen LogP contribution >= 0.6 is 11.8 Å². The number of hydrogen-bond donors (Lipinski definition) is 3. The van der Waals surface area contributed by atoms with Crippen LogP contribution in [0.2, 0.25) is 0 Å². The zero-order chi connectivity index (χ0) is 27.9. The molecule has 2 aliphatic heterocycles. The highest BCUT2D eigenvalue weighted by molar-refractivity contribution is 8.16. The number of rotatable bonds is 12. The van der Waals surface area contributed by atoms with E-state index in [2.05, 4.69) is 59.9 Å². The van der Waals surface area contributed by atoms with Crippen molar-refractivity contribution in [3.63, 3.8) is 0 Å². The molecule has 0 spiro atoms. The van der Waals surface area contributed by atoms with Crippen LogP contribution in [0.1, 0.15) is 56.8 Å². The number of unbranched alkanes of at least 4 members (excludes halogenated alkanes) is 2. The first-order chi connectivity index (χ1) is 19.5. The van der Waals surface area contributed by atoms with Gasteiger partial charge < -0.3 is 20.5 Å². The minimum atomic E-state index is -0.252. The Hall–Kier alpha value is -3.86. The number of aryl methyl sites for hydroxylation is 1. The van der Waals surface area contributed by atoms with Gasteiger partial charge in [-0.3, -0.25) is 19.3 Å². The lowest BCUT2D eigenvalue weighted by Crippen LogP contribution is -2.34. The summed E-state index contributed by atoms with van der Waals surface area (Å²) in [5, 5.41) is 13.4. The van der Waals surface area contributed by atoms with Gasteiger partial charge in [0.1, 0.15) is 5.82 Å². The number of aliphatic imine (C=N–C) groups is 1. The van der Waals surface area contributed by atoms with Crippen molar-refractivity contribution in [2.24, 2.45) is 12.0 Å². The Morgan fingerprint density at radius 2 is 1.93 bits per heavy atom. The number of H-pyrrole nitrogens is 1. The molecule has 0 unspecified atom stereocenters. The van der Waals surface area contributed by atoms with E-state index in [1.54, 1.807) is 23.5 Å². The molecule has 4 heterocycles. The maximum Gasteiger partial charge on any atom is 0.226 e. The first kappa shape index (κ1) is 27.7. The zero-order valence-corrected chi connectivity index (χ0v) is 23.8. The summed E-state index contributed by atoms with van der Waals surface area (Å²) < 4.78 is 1.79. The fraction of sp³-hybridized carbons (Fsp3) is 0.414. The molecule has 0 saturated heterocycles. The topological polar surface area (TPSA) is 120 Å². The van der Waals surface area contributed by atoms with Crippen molar-refractivity contribution in [3.05, 3.63) is 59.7 Å². The Morgan fingerprint density at radius 3 is 2.70 bits per heavy atom. The second-order valence-corrected chi connectivity index (χ2v) is 10.9. The number of thioether (sulfide) groups is 1. The highest BCUT2D eigenvalue weighted by Crippen LogP contribution is 2.31. The Bertz CT molecular complexity index is 1390. The van der Waals surface area contributed by atoms with Crippen molar-refractivity contribution in [1.29, 1.82) is 0 Å². The zero-order valence-electron chi connectivity index (χ0n) is 23.0. The summed E-state index contributed by atoms with van der Waals surface area (Å²) in [6.07, 6.45) is 8.89. The standard InChI is InChI=1S/C29H36N8O2S/c1-30-26(38)8-5-3-4-7-24(33-27(39)17-22-19-40-29-31-14-6-15-37(22)29)28-32-18-25(34-28)21-11-9-20(10-12-21)23-13-16-36(2)35-23/h9-13,16,18-19,24H,3-8,14-15,17H2,1-2H3,(H,30,38)(H,32,34)(H,33,39)/t24-/m0/s1. The number of carbonyl (C=O) groups excluding carboxylic acids is 2. The number of benzene rings is 1. The van der Waals surface area contributed by atoms with Gasteiger partial charge in [0.15, 0.2) is 5.17 Å². The summed E-state index contributed by atoms with van der Waals surface area (Å²) >= 11 is 1.59. The SMILES string of the molecule is CNC(=O)CCCCC[C@H](NC(=O)CC1=CSC2=NCCCN12)c1ncc(-c2ccc(-c3ccn(C)n3)cc2)[nH]1. The van der Waals surface area contributed by atoms with Gasteiger partial charge in [-0.1, -0.05) is 48.9 Å². The van der Waals surface area contributed by atoms with Crippen molar-refractivity contribution in [2.45, 2.75) is 51.0 Å². The van der Waals surface area contributed by atoms with Gasteiger partial charge in [0.25, 0.3) is 0 Å². The van der Waals surface area contributed by atoms with Crippen LogP contribution in [-0.4, -0.2) is 61.8 Å². The summed E-state index contributed by atoms with van der Waals surface area (Å²) in [7, 11) is 3.56. The van der Waals surface area contributed by atoms with E-state index in [1.807, 2.05) is 30.9 Å². The number of fused-ring (bicyclic) bond motifs is 1. The van der Waals surface area contributed by atoms with Crippen LogP contribution in [0.5, 0.6) is 0 Å². The molecule has 210 valence electrons. The fourth-order valence-electron chi connectivity index (χ4n) is 4.95. The van der Waals surface area contributed by atoms with Crippen molar-refractivity contribution < 1.29 is 9.59 Å². The van der Waals surface area contributed by atoms with Gasteiger partial charge in [-0.05, 0) is 36.3 Å². The Kier molecular flexibility index (Phi) is 9.00. The third-order valence-corrected chi connectivity index (χ3v) is 8.10. The van der Waals surface area contributed by atoms with Crippen molar-refractivity contribution in [1.82, 2.24) is 35.3 Å². The average Bonchev–Trinajstić information content (AvgIpc) is 3.73. The summed E-state index contributed by atoms with van der Waals surface area (Å²) in [4.78, 5) is 39.6. The largest absolute Gasteiger partial charge is 0.359 e. The molecular weight excluding hydrogens is 524 g/mol. The molecule has 2 amide bonds. The maximum absolute atomic E-state index is 13.2. The first-order valence-electron chi connectivity index (χ1n) is 13.8. The number of amides is 2. The van der Waals surface area contributed by atoms with Crippen LogP contribution < -0.4 is 10.6 Å². The molecule has 40 heavy (non-hydrogen) atoms. The van der Waals surface area contributed by atoms with Crippen molar-refractivity contribution in [2.75, 3.05) is 20.1 Å². The van der Waals surface area contributed by atoms with Crippen LogP contribution in [0.15, 0.2) is 58.8 Å². The van der Waals surface area contributed by atoms with Crippen LogP contribution in [0.4, 0.5) is 0 Å². The van der Waals surface area contributed by atoms with Gasteiger partial charge in [0.2, 0.25) is 11.8 Å². The predicted octanol–water partition coefficient (Wildman–Crippen LogP) is 4.37. The highest BCUT2D eigenvalue weighted by Gasteiger charge is 2.27. The lowest BCUT2D eigenvalue weighted by atomic mass is 10.1. The molecule has 2 aromatic heterocycles. The van der Waals surface area contributed by atoms with Crippen LogP contribution in [0.3, 0.4) is 0 Å². The fourth-order valence-corrected chi connectivity index (χ4v) is 5.90. The molecule has 0 radical (unpaired) electrons. The van der Waals surface area contributed by atoms with Gasteiger partial charge in [-0.25, -0.2) is 4.98 Å². The number of nitrogens with one attached hydrogen (secondary N) is 3. The second-order valence-electron chi connectivity index (χ2n) is 10.1. The molecule has 1 atom stereocenters. The van der Waals surface area contributed by atoms with Crippen LogP contribution in [0, 0.1) is 0 Å². The van der Waals surface area contributed by atoms with E-state index < -0.39 is 0 Å². The lowest BCUT2D eigenvalue weighted by molar-refractivity contribution is -0.121. The van der Waals surface area contributed by atoms with E-state index in [0.717, 1.165) is 84.4 Å². The molecule has 0 fully saturated rings. The van der Waals surface area contributed by atoms with E-state index in [1.165, 1.54) is 0 Å². The number of amidine groups is 1. The smallest absolute Gasteiger partial charge is 0.226 e. The maximum atomic E-state index is 13.2. The quantitative estimate of drug-likeness (QED) is 0.283. The number of aromatic amines is 1. The molecule has 5 rings (SSSR count). The monoisotopic (exact) mass is 560 g/mol. The van der Waals surface area contributed by atoms with Crippen LogP contribution in [-0.2, 0) is 16.6 Å². The summed E-state index contributed by atoms with van der Waals surface area (Å²) in [6.45, 7) is 1.75. The number of nitrogens with zero attached hydrogens (tertiary/aromatic N) is 5. The molecule has 0 bridgehead atoms. The molecule has 10 nitrogen and oxygen atoms in total. The molecule has 2 aliphatic rings. The third-order valence-electron chi connectivity index (χ3n) is 7.15. The van der Waals surface area contributed by atoms with Crippen molar-refractivity contribution >= 4 is 28.7 Å². The molecule has 0 saturated carbocycles. The average molecular weight is 561 g/mol. The van der Waals surface area contributed by atoms with Gasteiger partial charge in [0, 0.05) is 51.1 Å². The number of hydrogen-bond acceptors (Lipinski definition) is 7. The van der Waals surface area contributed by atoms with E-state index in [-0.39, 0.29) is 17.9 Å². The van der Waals surface area contributed by atoms with E-state index >= 15 is 0 Å². The summed E-state index contributed by atoms with van der Waals surface area (Å²) in [5.74, 6) is 0.753. The Labute approximate surface area is 238 Å². The first-order valence-corrected chi connectivity index (χ1v) is 14.7. The lowest BCUT2D eigenvalue weighted by Gasteiger charge is -2.25. The molecule has 3 aromatic rings. The summed E-state index contributed by atoms with van der Waals surface area (Å²) in [5.41, 5.74) is 4.88. The van der Waals surface area contributed by atoms with Gasteiger partial charge >= 0.3 is 0 Å². The molecule has 3 N–H and O–H groups in total. The van der Waals surface area contributed by atoms with E-state index in [9.17, 15) is 9.59 Å². The number of aromatic nitrogens is 4. The minimum Gasteiger partial charge on any atom is -0.359 e. The molecule has 0 aliphatic carbocycles. The normalized spacial score (nSPS) is 15.3. The number of carbonyl (C=O) groups is 2. The van der Waals surface area contributed by atoms with Gasteiger partial charge in [-0.15, -0.1) is 0 Å². The van der Waals surface area contributed by atoms with Gasteiger partial charge in [-0.2, -0.15) is 5.10 Å². The number of imidazole rings is 1. The summed E-state index contributed by atoms with van der Waals surface area (Å²) in [6, 6.07) is 9.94. The van der Waals surface area contributed by atoms with Crippen LogP contribution in [0.25, 0.3) is 22.5 Å². The Morgan fingerprint density at radius 1 is 1.10 bits per heavy atom. The Balaban J connectivity index is 1.25.